The molecule has 0 bridgehead atoms. The van der Waals surface area contributed by atoms with Gasteiger partial charge in [0.25, 0.3) is 0 Å². The first-order chi connectivity index (χ1) is 5.15. The summed E-state index contributed by atoms with van der Waals surface area (Å²) in [7, 11) is 0. The Morgan fingerprint density at radius 1 is 1.27 bits per heavy atom. The van der Waals surface area contributed by atoms with E-state index < -0.39 is 0 Å². The quantitative estimate of drug-likeness (QED) is 0.522. The highest BCUT2D eigenvalue weighted by Crippen LogP contribution is 2.30. The van der Waals surface area contributed by atoms with Crippen LogP contribution in [0, 0.1) is 0 Å². The predicted molar refractivity (Wildman–Crippen MR) is 53.7 cm³/mol. The topological polar surface area (TPSA) is 0 Å². The maximum Gasteiger partial charge on any atom is 0.0593 e. The number of rotatable bonds is 1. The maximum atomic E-state index is 5.88. The van der Waals surface area contributed by atoms with E-state index in [-0.39, 0.29) is 0 Å². The zero-order chi connectivity index (χ0) is 8.43. The van der Waals surface area contributed by atoms with E-state index in [2.05, 4.69) is 15.9 Å². The normalized spacial score (nSPS) is 10.2. The van der Waals surface area contributed by atoms with Gasteiger partial charge in [-0.25, -0.2) is 0 Å². The van der Waals surface area contributed by atoms with E-state index in [0.29, 0.717) is 15.9 Å². The van der Waals surface area contributed by atoms with Crippen molar-refractivity contribution in [1.29, 1.82) is 0 Å². The number of hydrogen-bond donors (Lipinski definition) is 0. The second-order valence-electron chi connectivity index (χ2n) is 1.99. The zero-order valence-corrected chi connectivity index (χ0v) is 9.23. The molecule has 0 amide bonds. The minimum Gasteiger partial charge on any atom is -0.121 e. The number of halogens is 4. The molecule has 0 atom stereocenters. The average molecular weight is 274 g/mol. The zero-order valence-electron chi connectivity index (χ0n) is 5.37. The Kier molecular flexibility index (Phi) is 3.51. The SMILES string of the molecule is ClCc1cc(Cl)cc(Br)c1Cl. The molecule has 0 N–H and O–H groups in total. The number of benzene rings is 1. The molecule has 1 aromatic carbocycles. The predicted octanol–water partition coefficient (Wildman–Crippen LogP) is 4.49. The van der Waals surface area contributed by atoms with E-state index in [1.165, 1.54) is 0 Å². The second kappa shape index (κ2) is 3.99. The summed E-state index contributed by atoms with van der Waals surface area (Å²) < 4.78 is 0.780. The molecule has 4 heteroatoms. The fourth-order valence-electron chi connectivity index (χ4n) is 0.707. The standard InChI is InChI=1S/C7H4BrCl3/c8-6-2-5(10)1-4(3-9)7(6)11/h1-2H,3H2. The minimum absolute atomic E-state index is 0.373. The summed E-state index contributed by atoms with van der Waals surface area (Å²) in [6.45, 7) is 0. The Morgan fingerprint density at radius 3 is 2.45 bits per heavy atom. The summed E-state index contributed by atoms with van der Waals surface area (Å²) in [6.07, 6.45) is 0. The first-order valence-corrected chi connectivity index (χ1v) is 4.93. The Morgan fingerprint density at radius 2 is 1.91 bits per heavy atom. The van der Waals surface area contributed by atoms with Crippen LogP contribution in [0.25, 0.3) is 0 Å². The molecule has 1 aromatic rings. The summed E-state index contributed by atoms with van der Waals surface area (Å²) in [5, 5.41) is 1.27. The summed E-state index contributed by atoms with van der Waals surface area (Å²) in [4.78, 5) is 0. The van der Waals surface area contributed by atoms with Gasteiger partial charge in [0.05, 0.1) is 5.02 Å². The summed E-state index contributed by atoms with van der Waals surface area (Å²) >= 11 is 20.5. The molecule has 1 rings (SSSR count). The molecule has 0 saturated carbocycles. The van der Waals surface area contributed by atoms with Gasteiger partial charge in [0.1, 0.15) is 0 Å². The highest BCUT2D eigenvalue weighted by Gasteiger charge is 2.04. The van der Waals surface area contributed by atoms with Crippen LogP contribution in [0.5, 0.6) is 0 Å². The molecule has 0 aliphatic rings. The number of hydrogen-bond acceptors (Lipinski definition) is 0. The molecular formula is C7H4BrCl3. The van der Waals surface area contributed by atoms with Crippen LogP contribution in [-0.2, 0) is 5.88 Å². The molecule has 0 spiro atoms. The van der Waals surface area contributed by atoms with E-state index >= 15 is 0 Å². The van der Waals surface area contributed by atoms with Crippen molar-refractivity contribution < 1.29 is 0 Å². The summed E-state index contributed by atoms with van der Waals surface area (Å²) in [5.41, 5.74) is 0.840. The first-order valence-electron chi connectivity index (χ1n) is 2.84. The van der Waals surface area contributed by atoms with Gasteiger partial charge < -0.3 is 0 Å². The Hall–Kier alpha value is 0.570. The van der Waals surface area contributed by atoms with E-state index in [9.17, 15) is 0 Å². The van der Waals surface area contributed by atoms with Crippen molar-refractivity contribution in [2.24, 2.45) is 0 Å². The van der Waals surface area contributed by atoms with Crippen LogP contribution < -0.4 is 0 Å². The van der Waals surface area contributed by atoms with Crippen LogP contribution >= 0.6 is 50.7 Å². The molecule has 0 aromatic heterocycles. The van der Waals surface area contributed by atoms with Crippen LogP contribution in [0.15, 0.2) is 16.6 Å². The molecule has 0 saturated heterocycles. The Balaban J connectivity index is 3.24. The molecule has 0 fully saturated rings. The molecule has 0 aliphatic heterocycles. The van der Waals surface area contributed by atoms with Crippen molar-refractivity contribution in [2.75, 3.05) is 0 Å². The lowest BCUT2D eigenvalue weighted by atomic mass is 10.2. The summed E-state index contributed by atoms with van der Waals surface area (Å²) in [6, 6.07) is 3.49. The van der Waals surface area contributed by atoms with Crippen molar-refractivity contribution in [3.63, 3.8) is 0 Å². The van der Waals surface area contributed by atoms with Gasteiger partial charge in [0.15, 0.2) is 0 Å². The molecule has 0 unspecified atom stereocenters. The van der Waals surface area contributed by atoms with Crippen LogP contribution in [0.1, 0.15) is 5.56 Å². The molecule has 0 aliphatic carbocycles. The average Bonchev–Trinajstić information content (AvgIpc) is 1.96. The van der Waals surface area contributed by atoms with Gasteiger partial charge in [-0.2, -0.15) is 0 Å². The monoisotopic (exact) mass is 272 g/mol. The van der Waals surface area contributed by atoms with Crippen LogP contribution in [0.3, 0.4) is 0 Å². The fourth-order valence-corrected chi connectivity index (χ4v) is 2.04. The van der Waals surface area contributed by atoms with Gasteiger partial charge in [-0.15, -0.1) is 11.6 Å². The molecular weight excluding hydrogens is 270 g/mol. The largest absolute Gasteiger partial charge is 0.121 e. The summed E-state index contributed by atoms with van der Waals surface area (Å²) in [5.74, 6) is 0.373. The molecule has 60 valence electrons. The Labute approximate surface area is 88.6 Å². The van der Waals surface area contributed by atoms with Crippen molar-refractivity contribution in [3.8, 4) is 0 Å². The molecule has 0 nitrogen and oxygen atoms in total. The van der Waals surface area contributed by atoms with Crippen molar-refractivity contribution in [1.82, 2.24) is 0 Å². The highest BCUT2D eigenvalue weighted by molar-refractivity contribution is 9.10. The van der Waals surface area contributed by atoms with E-state index in [1.54, 1.807) is 12.1 Å². The maximum absolute atomic E-state index is 5.88. The van der Waals surface area contributed by atoms with Crippen molar-refractivity contribution >= 4 is 50.7 Å². The van der Waals surface area contributed by atoms with Gasteiger partial charge >= 0.3 is 0 Å². The van der Waals surface area contributed by atoms with Gasteiger partial charge in [0, 0.05) is 15.4 Å². The molecule has 0 heterocycles. The molecule has 11 heavy (non-hydrogen) atoms. The molecule has 0 radical (unpaired) electrons. The van der Waals surface area contributed by atoms with Crippen molar-refractivity contribution in [2.45, 2.75) is 5.88 Å². The third-order valence-electron chi connectivity index (χ3n) is 1.21. The van der Waals surface area contributed by atoms with Crippen LogP contribution in [-0.4, -0.2) is 0 Å². The first kappa shape index (κ1) is 9.66. The fraction of sp³-hybridized carbons (Fsp3) is 0.143. The number of alkyl halides is 1. The lowest BCUT2D eigenvalue weighted by Crippen LogP contribution is -1.81. The van der Waals surface area contributed by atoms with Crippen molar-refractivity contribution in [3.05, 3.63) is 32.2 Å². The van der Waals surface area contributed by atoms with Gasteiger partial charge in [-0.05, 0) is 33.6 Å². The van der Waals surface area contributed by atoms with Gasteiger partial charge in [-0.1, -0.05) is 23.2 Å². The lowest BCUT2D eigenvalue weighted by molar-refractivity contribution is 1.39. The second-order valence-corrected chi connectivity index (χ2v) is 3.93. The van der Waals surface area contributed by atoms with E-state index in [4.69, 9.17) is 34.8 Å². The minimum atomic E-state index is 0.373. The smallest absolute Gasteiger partial charge is 0.0593 e. The van der Waals surface area contributed by atoms with E-state index in [0.717, 1.165) is 10.0 Å². The van der Waals surface area contributed by atoms with Crippen LogP contribution in [0.2, 0.25) is 10.0 Å². The third kappa shape index (κ3) is 2.25. The van der Waals surface area contributed by atoms with Crippen LogP contribution in [0.4, 0.5) is 0 Å². The lowest BCUT2D eigenvalue weighted by Gasteiger charge is -2.02. The van der Waals surface area contributed by atoms with E-state index in [1.807, 2.05) is 0 Å². The third-order valence-corrected chi connectivity index (χ3v) is 3.02. The van der Waals surface area contributed by atoms with Gasteiger partial charge in [0.2, 0.25) is 0 Å². The highest BCUT2D eigenvalue weighted by atomic mass is 79.9. The van der Waals surface area contributed by atoms with Gasteiger partial charge in [-0.3, -0.25) is 0 Å². The Bertz CT molecular complexity index is 273.